The molecule has 1 amide bonds. The number of likely N-dealkylation sites (N-methyl/N-ethyl adjacent to an activating group) is 1. The van der Waals surface area contributed by atoms with Crippen LogP contribution in [0.25, 0.3) is 0 Å². The van der Waals surface area contributed by atoms with Crippen LogP contribution in [0.15, 0.2) is 18.2 Å². The Balaban J connectivity index is 1.92. The number of aryl methyl sites for hydroxylation is 1. The van der Waals surface area contributed by atoms with Gasteiger partial charge in [-0.2, -0.15) is 0 Å². The molecular weight excluding hydrogens is 365 g/mol. The van der Waals surface area contributed by atoms with Crippen molar-refractivity contribution in [1.29, 1.82) is 0 Å². The minimum atomic E-state index is 0.0808. The maximum atomic E-state index is 12.2. The Labute approximate surface area is 134 Å². The van der Waals surface area contributed by atoms with Crippen molar-refractivity contribution in [1.82, 2.24) is 10.2 Å². The summed E-state index contributed by atoms with van der Waals surface area (Å²) in [6, 6.07) is 6.56. The van der Waals surface area contributed by atoms with E-state index in [0.29, 0.717) is 12.6 Å². The third kappa shape index (κ3) is 4.17. The van der Waals surface area contributed by atoms with Crippen molar-refractivity contribution in [2.24, 2.45) is 0 Å². The van der Waals surface area contributed by atoms with E-state index >= 15 is 0 Å². The van der Waals surface area contributed by atoms with Gasteiger partial charge >= 0.3 is 0 Å². The normalized spacial score (nSPS) is 19.2. The maximum absolute atomic E-state index is 12.2. The van der Waals surface area contributed by atoms with Gasteiger partial charge in [0.25, 0.3) is 0 Å². The molecule has 1 atom stereocenters. The number of carbonyl (C=O) groups is 1. The van der Waals surface area contributed by atoms with E-state index in [-0.39, 0.29) is 5.91 Å². The lowest BCUT2D eigenvalue weighted by Gasteiger charge is -2.23. The first kappa shape index (κ1) is 15.7. The quantitative estimate of drug-likeness (QED) is 0.762. The number of rotatable bonds is 5. The van der Waals surface area contributed by atoms with E-state index in [9.17, 15) is 4.79 Å². The lowest BCUT2D eigenvalue weighted by Crippen LogP contribution is -2.41. The van der Waals surface area contributed by atoms with Gasteiger partial charge in [0.15, 0.2) is 0 Å². The Kier molecular flexibility index (Phi) is 5.80. The van der Waals surface area contributed by atoms with Gasteiger partial charge in [0.05, 0.1) is 6.54 Å². The second-order valence-electron chi connectivity index (χ2n) is 5.33. The van der Waals surface area contributed by atoms with Crippen molar-refractivity contribution in [2.45, 2.75) is 25.8 Å². The molecular formula is C15H22IN3O. The molecule has 0 aromatic heterocycles. The Morgan fingerprint density at radius 3 is 3.00 bits per heavy atom. The smallest absolute Gasteiger partial charge is 0.238 e. The average molecular weight is 387 g/mol. The zero-order valence-corrected chi connectivity index (χ0v) is 14.2. The van der Waals surface area contributed by atoms with Gasteiger partial charge in [-0.25, -0.2) is 0 Å². The first-order valence-electron chi connectivity index (χ1n) is 7.05. The van der Waals surface area contributed by atoms with Crippen LogP contribution in [0, 0.1) is 10.5 Å². The minimum absolute atomic E-state index is 0.0808. The zero-order valence-electron chi connectivity index (χ0n) is 12.1. The van der Waals surface area contributed by atoms with Crippen molar-refractivity contribution in [3.8, 4) is 0 Å². The molecule has 1 heterocycles. The summed E-state index contributed by atoms with van der Waals surface area (Å²) in [5.74, 6) is 0.0808. The van der Waals surface area contributed by atoms with Gasteiger partial charge in [0.2, 0.25) is 5.91 Å². The maximum Gasteiger partial charge on any atom is 0.238 e. The molecule has 1 aliphatic rings. The van der Waals surface area contributed by atoms with Gasteiger partial charge in [-0.15, -0.1) is 0 Å². The zero-order chi connectivity index (χ0) is 14.5. The summed E-state index contributed by atoms with van der Waals surface area (Å²) in [6.07, 6.45) is 2.36. The SMILES string of the molecule is CNCC1CCCN1CC(=O)Nc1ccc(I)cc1C. The minimum Gasteiger partial charge on any atom is -0.325 e. The molecule has 1 aromatic carbocycles. The molecule has 1 aliphatic heterocycles. The molecule has 1 unspecified atom stereocenters. The van der Waals surface area contributed by atoms with E-state index in [1.165, 1.54) is 16.4 Å². The molecule has 0 saturated carbocycles. The number of halogens is 1. The Morgan fingerprint density at radius 2 is 2.30 bits per heavy atom. The molecule has 0 aliphatic carbocycles. The number of anilines is 1. The number of hydrogen-bond acceptors (Lipinski definition) is 3. The fraction of sp³-hybridized carbons (Fsp3) is 0.533. The molecule has 1 fully saturated rings. The Hall–Kier alpha value is -0.660. The number of nitrogens with one attached hydrogen (secondary N) is 2. The first-order valence-corrected chi connectivity index (χ1v) is 8.12. The van der Waals surface area contributed by atoms with E-state index in [1.54, 1.807) is 0 Å². The predicted octanol–water partition coefficient (Wildman–Crippen LogP) is 2.22. The van der Waals surface area contributed by atoms with Crippen molar-refractivity contribution < 1.29 is 4.79 Å². The lowest BCUT2D eigenvalue weighted by atomic mass is 10.2. The fourth-order valence-electron chi connectivity index (χ4n) is 2.71. The monoisotopic (exact) mass is 387 g/mol. The summed E-state index contributed by atoms with van der Waals surface area (Å²) in [4.78, 5) is 14.5. The van der Waals surface area contributed by atoms with Crippen LogP contribution in [0.4, 0.5) is 5.69 Å². The van der Waals surface area contributed by atoms with Crippen molar-refractivity contribution in [3.05, 3.63) is 27.3 Å². The predicted molar refractivity (Wildman–Crippen MR) is 91.0 cm³/mol. The second-order valence-corrected chi connectivity index (χ2v) is 6.58. The highest BCUT2D eigenvalue weighted by Crippen LogP contribution is 2.19. The highest BCUT2D eigenvalue weighted by atomic mass is 127. The van der Waals surface area contributed by atoms with Crippen molar-refractivity contribution in [3.63, 3.8) is 0 Å². The highest BCUT2D eigenvalue weighted by Gasteiger charge is 2.25. The molecule has 0 bridgehead atoms. The molecule has 0 spiro atoms. The molecule has 5 heteroatoms. The number of benzene rings is 1. The Bertz CT molecular complexity index is 478. The summed E-state index contributed by atoms with van der Waals surface area (Å²) in [7, 11) is 1.96. The molecule has 0 radical (unpaired) electrons. The number of nitrogens with zero attached hydrogens (tertiary/aromatic N) is 1. The van der Waals surface area contributed by atoms with Crippen LogP contribution in [-0.2, 0) is 4.79 Å². The molecule has 4 nitrogen and oxygen atoms in total. The third-order valence-corrected chi connectivity index (χ3v) is 4.42. The van der Waals surface area contributed by atoms with Crippen LogP contribution in [0.5, 0.6) is 0 Å². The van der Waals surface area contributed by atoms with Gasteiger partial charge < -0.3 is 10.6 Å². The van der Waals surface area contributed by atoms with Gasteiger partial charge in [-0.05, 0) is 79.7 Å². The number of carbonyl (C=O) groups excluding carboxylic acids is 1. The molecule has 2 N–H and O–H groups in total. The van der Waals surface area contributed by atoms with E-state index in [1.807, 2.05) is 26.1 Å². The van der Waals surface area contributed by atoms with Crippen LogP contribution in [0.3, 0.4) is 0 Å². The Morgan fingerprint density at radius 1 is 1.50 bits per heavy atom. The summed E-state index contributed by atoms with van der Waals surface area (Å²) in [5, 5.41) is 6.23. The number of hydrogen-bond donors (Lipinski definition) is 2. The van der Waals surface area contributed by atoms with Crippen molar-refractivity contribution in [2.75, 3.05) is 32.0 Å². The van der Waals surface area contributed by atoms with Crippen LogP contribution in [0.1, 0.15) is 18.4 Å². The van der Waals surface area contributed by atoms with Crippen LogP contribution in [-0.4, -0.2) is 43.5 Å². The first-order chi connectivity index (χ1) is 9.60. The van der Waals surface area contributed by atoms with Crippen LogP contribution < -0.4 is 10.6 Å². The van der Waals surface area contributed by atoms with Crippen LogP contribution in [0.2, 0.25) is 0 Å². The fourth-order valence-corrected chi connectivity index (χ4v) is 3.36. The summed E-state index contributed by atoms with van der Waals surface area (Å²) in [6.45, 7) is 4.48. The largest absolute Gasteiger partial charge is 0.325 e. The summed E-state index contributed by atoms with van der Waals surface area (Å²) < 4.78 is 1.19. The molecule has 110 valence electrons. The van der Waals surface area contributed by atoms with E-state index < -0.39 is 0 Å². The molecule has 1 aromatic rings. The van der Waals surface area contributed by atoms with E-state index in [4.69, 9.17) is 0 Å². The highest BCUT2D eigenvalue weighted by molar-refractivity contribution is 14.1. The standard InChI is InChI=1S/C15H22IN3O/c1-11-8-12(16)5-6-14(11)18-15(20)10-19-7-3-4-13(19)9-17-2/h5-6,8,13,17H,3-4,7,9-10H2,1-2H3,(H,18,20). The third-order valence-electron chi connectivity index (χ3n) is 3.75. The van der Waals surface area contributed by atoms with Gasteiger partial charge in [0, 0.05) is 21.8 Å². The molecule has 1 saturated heterocycles. The second kappa shape index (κ2) is 7.38. The van der Waals surface area contributed by atoms with Gasteiger partial charge in [-0.1, -0.05) is 0 Å². The molecule has 20 heavy (non-hydrogen) atoms. The average Bonchev–Trinajstić information content (AvgIpc) is 2.81. The van der Waals surface area contributed by atoms with Gasteiger partial charge in [-0.3, -0.25) is 9.69 Å². The summed E-state index contributed by atoms with van der Waals surface area (Å²) >= 11 is 2.28. The number of amides is 1. The molecule has 2 rings (SSSR count). The number of likely N-dealkylation sites (tertiary alicyclic amines) is 1. The topological polar surface area (TPSA) is 44.4 Å². The van der Waals surface area contributed by atoms with Gasteiger partial charge in [0.1, 0.15) is 0 Å². The van der Waals surface area contributed by atoms with E-state index in [0.717, 1.165) is 24.3 Å². The van der Waals surface area contributed by atoms with Crippen LogP contribution >= 0.6 is 22.6 Å². The van der Waals surface area contributed by atoms with E-state index in [2.05, 4.69) is 44.2 Å². The lowest BCUT2D eigenvalue weighted by molar-refractivity contribution is -0.117. The van der Waals surface area contributed by atoms with Crippen molar-refractivity contribution >= 4 is 34.2 Å². The summed E-state index contributed by atoms with van der Waals surface area (Å²) in [5.41, 5.74) is 2.03.